The lowest BCUT2D eigenvalue weighted by molar-refractivity contribution is 0.0390. The van der Waals surface area contributed by atoms with Gasteiger partial charge in [0.05, 0.1) is 29.6 Å². The van der Waals surface area contributed by atoms with Crippen LogP contribution in [0, 0.1) is 13.8 Å². The molecular formula is C19H23ClN4O3S. The van der Waals surface area contributed by atoms with Gasteiger partial charge in [0.25, 0.3) is 5.91 Å². The van der Waals surface area contributed by atoms with E-state index in [1.807, 2.05) is 0 Å². The first-order chi connectivity index (χ1) is 13.1. The van der Waals surface area contributed by atoms with Gasteiger partial charge < -0.3 is 9.26 Å². The molecule has 3 heterocycles. The van der Waals surface area contributed by atoms with E-state index >= 15 is 0 Å². The number of halogens is 1. The highest BCUT2D eigenvalue weighted by Crippen LogP contribution is 2.32. The van der Waals surface area contributed by atoms with Gasteiger partial charge >= 0.3 is 0 Å². The fourth-order valence-electron chi connectivity index (χ4n) is 3.14. The number of rotatable bonds is 5. The number of carbonyl (C=O) groups is 1. The van der Waals surface area contributed by atoms with Gasteiger partial charge in [0.15, 0.2) is 5.13 Å². The number of benzene rings is 1. The van der Waals surface area contributed by atoms with E-state index < -0.39 is 0 Å². The average Bonchev–Trinajstić information content (AvgIpc) is 3.36. The summed E-state index contributed by atoms with van der Waals surface area (Å²) >= 11 is 1.53. The molecule has 0 spiro atoms. The summed E-state index contributed by atoms with van der Waals surface area (Å²) in [6.07, 6.45) is 1.49. The van der Waals surface area contributed by atoms with Crippen LogP contribution in [-0.2, 0) is 4.74 Å². The number of thiazole rings is 1. The Morgan fingerprint density at radius 3 is 2.75 bits per heavy atom. The molecule has 0 saturated carbocycles. The van der Waals surface area contributed by atoms with Gasteiger partial charge in [0, 0.05) is 32.2 Å². The van der Waals surface area contributed by atoms with E-state index in [0.717, 1.165) is 48.6 Å². The lowest BCUT2D eigenvalue weighted by atomic mass is 10.1. The van der Waals surface area contributed by atoms with E-state index in [2.05, 4.69) is 36.0 Å². The molecule has 28 heavy (non-hydrogen) atoms. The maximum absolute atomic E-state index is 13.0. The number of hydrogen-bond acceptors (Lipinski definition) is 7. The number of aromatic nitrogens is 2. The molecular weight excluding hydrogens is 400 g/mol. The molecule has 4 rings (SSSR count). The Morgan fingerprint density at radius 2 is 2.04 bits per heavy atom. The second kappa shape index (κ2) is 9.00. The summed E-state index contributed by atoms with van der Waals surface area (Å²) < 4.78 is 11.6. The third-order valence-corrected chi connectivity index (χ3v) is 5.99. The van der Waals surface area contributed by atoms with Crippen molar-refractivity contribution in [3.63, 3.8) is 0 Å². The van der Waals surface area contributed by atoms with Crippen molar-refractivity contribution in [2.45, 2.75) is 13.8 Å². The Kier molecular flexibility index (Phi) is 6.66. The summed E-state index contributed by atoms with van der Waals surface area (Å²) in [5.41, 5.74) is 3.30. The van der Waals surface area contributed by atoms with E-state index in [4.69, 9.17) is 14.2 Å². The number of morpholine rings is 1. The molecule has 1 saturated heterocycles. The lowest BCUT2D eigenvalue weighted by Gasteiger charge is -2.28. The molecule has 0 radical (unpaired) electrons. The van der Waals surface area contributed by atoms with E-state index in [-0.39, 0.29) is 24.1 Å². The zero-order chi connectivity index (χ0) is 18.8. The zero-order valence-corrected chi connectivity index (χ0v) is 17.5. The molecule has 2 aromatic heterocycles. The summed E-state index contributed by atoms with van der Waals surface area (Å²) in [5, 5.41) is 4.36. The van der Waals surface area contributed by atoms with Gasteiger partial charge in [0.1, 0.15) is 0 Å². The van der Waals surface area contributed by atoms with Crippen molar-refractivity contribution in [1.29, 1.82) is 0 Å². The number of hydrogen-bond donors (Lipinski definition) is 0. The molecule has 1 aliphatic heterocycles. The summed E-state index contributed by atoms with van der Waals surface area (Å²) in [6.45, 7) is 8.66. The molecule has 3 aromatic rings. The van der Waals surface area contributed by atoms with Crippen molar-refractivity contribution in [3.8, 4) is 0 Å². The number of ether oxygens (including phenoxy) is 1. The summed E-state index contributed by atoms with van der Waals surface area (Å²) in [6, 6.07) is 5.75. The number of nitrogens with zero attached hydrogens (tertiary/aromatic N) is 4. The highest BCUT2D eigenvalue weighted by molar-refractivity contribution is 7.22. The number of fused-ring (bicyclic) bond motifs is 1. The molecule has 9 heteroatoms. The Labute approximate surface area is 173 Å². The predicted octanol–water partition coefficient (Wildman–Crippen LogP) is 3.30. The number of anilines is 1. The van der Waals surface area contributed by atoms with E-state index in [0.29, 0.717) is 11.7 Å². The molecule has 7 nitrogen and oxygen atoms in total. The maximum atomic E-state index is 13.0. The van der Waals surface area contributed by atoms with Gasteiger partial charge in [-0.3, -0.25) is 14.6 Å². The van der Waals surface area contributed by atoms with Gasteiger partial charge in [0.2, 0.25) is 5.76 Å². The monoisotopic (exact) mass is 422 g/mol. The van der Waals surface area contributed by atoms with Crippen LogP contribution < -0.4 is 4.90 Å². The molecule has 1 aromatic carbocycles. The molecule has 0 bridgehead atoms. The van der Waals surface area contributed by atoms with Crippen molar-refractivity contribution in [1.82, 2.24) is 15.0 Å². The minimum absolute atomic E-state index is 0. The van der Waals surface area contributed by atoms with Crippen LogP contribution in [0.3, 0.4) is 0 Å². The Balaban J connectivity index is 0.00000225. The zero-order valence-electron chi connectivity index (χ0n) is 15.9. The Morgan fingerprint density at radius 1 is 1.25 bits per heavy atom. The predicted molar refractivity (Wildman–Crippen MR) is 112 cm³/mol. The Hall–Kier alpha value is -2.00. The van der Waals surface area contributed by atoms with Crippen LogP contribution in [0.2, 0.25) is 0 Å². The molecule has 150 valence electrons. The van der Waals surface area contributed by atoms with Crippen molar-refractivity contribution < 1.29 is 14.1 Å². The lowest BCUT2D eigenvalue weighted by Crippen LogP contribution is -2.43. The second-order valence-electron chi connectivity index (χ2n) is 6.64. The molecule has 0 atom stereocenters. The minimum atomic E-state index is -0.214. The first-order valence-corrected chi connectivity index (χ1v) is 9.84. The standard InChI is InChI=1S/C19H22N4O3S.ClH/c1-13-3-4-16-17(14(13)2)21-19(27-16)23(18(24)15-5-6-20-26-15)8-7-22-9-11-25-12-10-22;/h3-6H,7-12H2,1-2H3;1H. The Bertz CT molecular complexity index is 938. The molecule has 1 aliphatic rings. The van der Waals surface area contributed by atoms with Crippen LogP contribution in [0.4, 0.5) is 5.13 Å². The van der Waals surface area contributed by atoms with Crippen molar-refractivity contribution in [2.24, 2.45) is 0 Å². The van der Waals surface area contributed by atoms with Gasteiger partial charge in [-0.1, -0.05) is 22.6 Å². The van der Waals surface area contributed by atoms with Crippen LogP contribution in [0.15, 0.2) is 28.9 Å². The summed E-state index contributed by atoms with van der Waals surface area (Å²) in [5.74, 6) is 0.0123. The van der Waals surface area contributed by atoms with Crippen molar-refractivity contribution >= 4 is 45.0 Å². The average molecular weight is 423 g/mol. The van der Waals surface area contributed by atoms with Crippen LogP contribution in [0.1, 0.15) is 21.7 Å². The fraction of sp³-hybridized carbons (Fsp3) is 0.421. The van der Waals surface area contributed by atoms with Crippen LogP contribution in [-0.4, -0.2) is 60.3 Å². The van der Waals surface area contributed by atoms with Gasteiger partial charge in [-0.05, 0) is 31.0 Å². The van der Waals surface area contributed by atoms with Gasteiger partial charge in [-0.25, -0.2) is 4.98 Å². The summed E-state index contributed by atoms with van der Waals surface area (Å²) in [4.78, 5) is 21.8. The largest absolute Gasteiger partial charge is 0.379 e. The van der Waals surface area contributed by atoms with Crippen molar-refractivity contribution in [2.75, 3.05) is 44.3 Å². The highest BCUT2D eigenvalue weighted by Gasteiger charge is 2.25. The third kappa shape index (κ3) is 4.20. The number of aryl methyl sites for hydroxylation is 2. The van der Waals surface area contributed by atoms with Crippen LogP contribution in [0.5, 0.6) is 0 Å². The normalized spacial score (nSPS) is 14.8. The topological polar surface area (TPSA) is 71.7 Å². The van der Waals surface area contributed by atoms with Gasteiger partial charge in [-0.15, -0.1) is 12.4 Å². The van der Waals surface area contributed by atoms with Gasteiger partial charge in [-0.2, -0.15) is 0 Å². The van der Waals surface area contributed by atoms with Crippen LogP contribution >= 0.6 is 23.7 Å². The quantitative estimate of drug-likeness (QED) is 0.628. The molecule has 1 fully saturated rings. The minimum Gasteiger partial charge on any atom is -0.379 e. The second-order valence-corrected chi connectivity index (χ2v) is 7.65. The number of carbonyl (C=O) groups excluding carboxylic acids is 1. The van der Waals surface area contributed by atoms with E-state index in [9.17, 15) is 4.79 Å². The van der Waals surface area contributed by atoms with E-state index in [1.165, 1.54) is 23.1 Å². The molecule has 0 N–H and O–H groups in total. The first kappa shape index (κ1) is 20.7. The van der Waals surface area contributed by atoms with Crippen LogP contribution in [0.25, 0.3) is 10.2 Å². The van der Waals surface area contributed by atoms with Crippen molar-refractivity contribution in [3.05, 3.63) is 41.3 Å². The fourth-order valence-corrected chi connectivity index (χ4v) is 4.19. The smallest absolute Gasteiger partial charge is 0.298 e. The summed E-state index contributed by atoms with van der Waals surface area (Å²) in [7, 11) is 0. The first-order valence-electron chi connectivity index (χ1n) is 9.03. The number of amides is 1. The molecule has 0 aliphatic carbocycles. The maximum Gasteiger partial charge on any atom is 0.298 e. The van der Waals surface area contributed by atoms with E-state index in [1.54, 1.807) is 11.0 Å². The highest BCUT2D eigenvalue weighted by atomic mass is 35.5. The third-order valence-electron chi connectivity index (χ3n) is 4.94. The molecule has 0 unspecified atom stereocenters. The molecule has 1 amide bonds. The SMILES string of the molecule is Cc1ccc2sc(N(CCN3CCOCC3)C(=O)c3ccno3)nc2c1C.Cl.